The Balaban J connectivity index is 0. The monoisotopic (exact) mass is 575 g/mol. The van der Waals surface area contributed by atoms with Crippen molar-refractivity contribution in [1.29, 1.82) is 0 Å². The van der Waals surface area contributed by atoms with E-state index in [1.807, 2.05) is 13.8 Å². The summed E-state index contributed by atoms with van der Waals surface area (Å²) in [4.78, 5) is 9.52. The van der Waals surface area contributed by atoms with Gasteiger partial charge >= 0.3 is 0 Å². The third-order valence-corrected chi connectivity index (χ3v) is 6.48. The minimum Gasteiger partial charge on any atom is -0.379 e. The first-order valence-electron chi connectivity index (χ1n) is 15.6. The highest BCUT2D eigenvalue weighted by Crippen LogP contribution is 2.17. The molecular formula is C33H74N4O3. The molecule has 40 heavy (non-hydrogen) atoms. The van der Waals surface area contributed by atoms with Crippen molar-refractivity contribution in [2.45, 2.75) is 138 Å². The molecule has 1 unspecified atom stereocenters. The molecule has 1 atom stereocenters. The zero-order chi connectivity index (χ0) is 31.9. The molecule has 0 radical (unpaired) electrons. The van der Waals surface area contributed by atoms with Gasteiger partial charge < -0.3 is 28.9 Å². The number of piperazine rings is 1. The second kappa shape index (κ2) is 19.1. The lowest BCUT2D eigenvalue weighted by Crippen LogP contribution is -2.52. The summed E-state index contributed by atoms with van der Waals surface area (Å²) in [7, 11) is 8.58. The van der Waals surface area contributed by atoms with E-state index in [9.17, 15) is 0 Å². The Morgan fingerprint density at radius 3 is 1.55 bits per heavy atom. The van der Waals surface area contributed by atoms with Gasteiger partial charge in [0.25, 0.3) is 0 Å². The van der Waals surface area contributed by atoms with Crippen LogP contribution in [0.15, 0.2) is 0 Å². The van der Waals surface area contributed by atoms with Crippen LogP contribution < -0.4 is 0 Å². The third-order valence-electron chi connectivity index (χ3n) is 6.48. The molecule has 0 aromatic heterocycles. The molecule has 7 heteroatoms. The van der Waals surface area contributed by atoms with Crippen LogP contribution in [0.25, 0.3) is 0 Å². The number of hydrogen-bond acceptors (Lipinski definition) is 7. The highest BCUT2D eigenvalue weighted by molar-refractivity contribution is 4.80. The van der Waals surface area contributed by atoms with Gasteiger partial charge in [0.05, 0.1) is 30.0 Å². The summed E-state index contributed by atoms with van der Waals surface area (Å²) in [5.41, 5.74) is 0.670. The molecule has 2 heterocycles. The maximum atomic E-state index is 5.67. The third kappa shape index (κ3) is 26.6. The van der Waals surface area contributed by atoms with Crippen LogP contribution in [0.4, 0.5) is 0 Å². The summed E-state index contributed by atoms with van der Waals surface area (Å²) in [5.74, 6) is 0. The summed E-state index contributed by atoms with van der Waals surface area (Å²) in [6, 6.07) is 0. The molecule has 7 nitrogen and oxygen atoms in total. The van der Waals surface area contributed by atoms with Crippen molar-refractivity contribution in [1.82, 2.24) is 19.6 Å². The first-order valence-corrected chi connectivity index (χ1v) is 15.6. The molecule has 0 spiro atoms. The van der Waals surface area contributed by atoms with Crippen LogP contribution >= 0.6 is 0 Å². The summed E-state index contributed by atoms with van der Waals surface area (Å²) in [6.07, 6.45) is 1.73. The van der Waals surface area contributed by atoms with E-state index in [1.165, 1.54) is 26.2 Å². The van der Waals surface area contributed by atoms with Crippen molar-refractivity contribution in [2.75, 3.05) is 80.7 Å². The molecule has 2 aliphatic heterocycles. The lowest BCUT2D eigenvalue weighted by Gasteiger charge is -2.41. The Labute approximate surface area is 252 Å². The minimum atomic E-state index is -0.0155. The maximum absolute atomic E-state index is 5.67. The number of rotatable bonds is 5. The Hall–Kier alpha value is -0.280. The number of ether oxygens (including phenoxy) is 3. The number of nitrogens with zero attached hydrogens (tertiary/aromatic N) is 4. The molecule has 0 aromatic rings. The van der Waals surface area contributed by atoms with E-state index < -0.39 is 0 Å². The van der Waals surface area contributed by atoms with Crippen molar-refractivity contribution >= 4 is 0 Å². The van der Waals surface area contributed by atoms with Crippen LogP contribution in [0.3, 0.4) is 0 Å². The van der Waals surface area contributed by atoms with E-state index in [2.05, 4.69) is 131 Å². The van der Waals surface area contributed by atoms with Gasteiger partial charge in [0.2, 0.25) is 0 Å². The van der Waals surface area contributed by atoms with Crippen LogP contribution in [0.2, 0.25) is 0 Å². The van der Waals surface area contributed by atoms with Gasteiger partial charge in [-0.2, -0.15) is 0 Å². The van der Waals surface area contributed by atoms with Crippen molar-refractivity contribution in [3.8, 4) is 0 Å². The predicted octanol–water partition coefficient (Wildman–Crippen LogP) is 6.11. The Bertz CT molecular complexity index is 599. The summed E-state index contributed by atoms with van der Waals surface area (Å²) in [5, 5.41) is 0. The van der Waals surface area contributed by atoms with E-state index in [0.29, 0.717) is 23.3 Å². The Kier molecular flexibility index (Phi) is 20.0. The lowest BCUT2D eigenvalue weighted by molar-refractivity contribution is -0.0605. The van der Waals surface area contributed by atoms with Gasteiger partial charge in [0, 0.05) is 57.0 Å². The fraction of sp³-hybridized carbons (Fsp3) is 1.00. The molecule has 2 rings (SSSR count). The van der Waals surface area contributed by atoms with E-state index in [4.69, 9.17) is 14.2 Å². The summed E-state index contributed by atoms with van der Waals surface area (Å²) < 4.78 is 16.3. The van der Waals surface area contributed by atoms with E-state index >= 15 is 0 Å². The van der Waals surface area contributed by atoms with Crippen LogP contribution in [0.1, 0.15) is 103 Å². The topological polar surface area (TPSA) is 40.7 Å². The standard InChI is InChI=1S/C9H20N2.C9H22N2.C8H16O2.C7H16O/c1-9(2,3)11-7-5-10(4)6-8-11;1-9(2,3)11(6)8-7-10(4)5;1-8(2,3)10-7-4-5-9-6-7;1-6(2)8-7(3,4)5/h5-8H2,1-4H3;7-8H2,1-6H3;7H,4-6H2,1-3H3;6H,1-5H3. The maximum Gasteiger partial charge on any atom is 0.0837 e. The lowest BCUT2D eigenvalue weighted by atomic mass is 10.1. The van der Waals surface area contributed by atoms with Gasteiger partial charge in [0.15, 0.2) is 0 Å². The fourth-order valence-electron chi connectivity index (χ4n) is 3.98. The van der Waals surface area contributed by atoms with Crippen molar-refractivity contribution in [2.24, 2.45) is 0 Å². The Morgan fingerprint density at radius 1 is 0.775 bits per heavy atom. The largest absolute Gasteiger partial charge is 0.379 e. The van der Waals surface area contributed by atoms with Gasteiger partial charge in [0.1, 0.15) is 0 Å². The fourth-order valence-corrected chi connectivity index (χ4v) is 3.98. The van der Waals surface area contributed by atoms with E-state index in [0.717, 1.165) is 32.7 Å². The SMILES string of the molecule is CC(C)(C)OC1CCOC1.CC(C)OC(C)(C)C.CN(C)CCN(C)C(C)(C)C.CN1CCN(C(C)(C)C)CC1. The number of hydrogen-bond donors (Lipinski definition) is 0. The van der Waals surface area contributed by atoms with Crippen molar-refractivity contribution < 1.29 is 14.2 Å². The molecule has 0 bridgehead atoms. The molecule has 0 aromatic carbocycles. The zero-order valence-corrected chi connectivity index (χ0v) is 30.5. The van der Waals surface area contributed by atoms with Crippen LogP contribution in [-0.2, 0) is 14.2 Å². The molecule has 2 aliphatic rings. The molecule has 0 amide bonds. The van der Waals surface area contributed by atoms with Crippen molar-refractivity contribution in [3.05, 3.63) is 0 Å². The van der Waals surface area contributed by atoms with Gasteiger partial charge in [-0.3, -0.25) is 4.90 Å². The van der Waals surface area contributed by atoms with E-state index in [1.54, 1.807) is 0 Å². The second-order valence-corrected chi connectivity index (χ2v) is 15.9. The van der Waals surface area contributed by atoms with Gasteiger partial charge in [-0.15, -0.1) is 0 Å². The quantitative estimate of drug-likeness (QED) is 0.392. The first kappa shape index (κ1) is 41.9. The zero-order valence-electron chi connectivity index (χ0n) is 30.5. The smallest absolute Gasteiger partial charge is 0.0837 e. The highest BCUT2D eigenvalue weighted by atomic mass is 16.6. The molecule has 0 aliphatic carbocycles. The van der Waals surface area contributed by atoms with Gasteiger partial charge in [-0.25, -0.2) is 0 Å². The predicted molar refractivity (Wildman–Crippen MR) is 176 cm³/mol. The normalized spacial score (nSPS) is 19.6. The first-order chi connectivity index (χ1) is 17.8. The van der Waals surface area contributed by atoms with Crippen LogP contribution in [0, 0.1) is 0 Å². The van der Waals surface area contributed by atoms with Crippen molar-refractivity contribution in [3.63, 3.8) is 0 Å². The Morgan fingerprint density at radius 2 is 1.27 bits per heavy atom. The molecular weight excluding hydrogens is 500 g/mol. The van der Waals surface area contributed by atoms with Gasteiger partial charge in [-0.05, 0) is 132 Å². The average Bonchev–Trinajstić information content (AvgIpc) is 3.21. The molecule has 0 N–H and O–H groups in total. The average molecular weight is 575 g/mol. The van der Waals surface area contributed by atoms with Crippen LogP contribution in [0.5, 0.6) is 0 Å². The highest BCUT2D eigenvalue weighted by Gasteiger charge is 2.24. The summed E-state index contributed by atoms with van der Waals surface area (Å²) in [6.45, 7) is 38.9. The molecule has 2 saturated heterocycles. The minimum absolute atomic E-state index is 0.0155. The second-order valence-electron chi connectivity index (χ2n) is 15.9. The molecule has 2 fully saturated rings. The van der Waals surface area contributed by atoms with Gasteiger partial charge in [-0.1, -0.05) is 0 Å². The van der Waals surface area contributed by atoms with E-state index in [-0.39, 0.29) is 11.2 Å². The molecule has 244 valence electrons. The molecule has 0 saturated carbocycles. The van der Waals surface area contributed by atoms with Crippen LogP contribution in [-0.4, -0.2) is 135 Å². The number of likely N-dealkylation sites (N-methyl/N-ethyl adjacent to an activating group) is 3. The summed E-state index contributed by atoms with van der Waals surface area (Å²) >= 11 is 0.